The summed E-state index contributed by atoms with van der Waals surface area (Å²) in [5, 5.41) is 3.73. The fourth-order valence-corrected chi connectivity index (χ4v) is 4.87. The molecule has 2 aliphatic heterocycles. The average molecular weight is 307 g/mol. The third-order valence-corrected chi connectivity index (χ3v) is 6.48. The van der Waals surface area contributed by atoms with Crippen LogP contribution in [0.1, 0.15) is 62.6 Å². The summed E-state index contributed by atoms with van der Waals surface area (Å²) in [6.45, 7) is 10.6. The Balaban J connectivity index is 1.68. The second-order valence-corrected chi connectivity index (χ2v) is 8.92. The van der Waals surface area contributed by atoms with Gasteiger partial charge in [0.25, 0.3) is 0 Å². The fourth-order valence-electron chi connectivity index (χ4n) is 3.77. The van der Waals surface area contributed by atoms with Gasteiger partial charge in [0, 0.05) is 28.4 Å². The molecular formula is C18H30N2S. The van der Waals surface area contributed by atoms with Crippen molar-refractivity contribution in [3.63, 3.8) is 0 Å². The standard InChI is InChI=1S/C18H30N2S/c1-18(2,3)17-10-9-14(21-17)13-20-12-5-4-8-16(20)15-7-6-11-19-15/h9-10,15-16,19H,4-8,11-13H2,1-3H3. The predicted molar refractivity (Wildman–Crippen MR) is 92.1 cm³/mol. The number of thiophene rings is 1. The normalized spacial score (nSPS) is 28.1. The molecule has 1 aromatic heterocycles. The third-order valence-electron chi connectivity index (χ3n) is 4.99. The molecule has 2 fully saturated rings. The Hall–Kier alpha value is -0.380. The molecule has 118 valence electrons. The molecule has 21 heavy (non-hydrogen) atoms. The Bertz CT molecular complexity index is 454. The highest BCUT2D eigenvalue weighted by atomic mass is 32.1. The van der Waals surface area contributed by atoms with Crippen LogP contribution in [-0.2, 0) is 12.0 Å². The van der Waals surface area contributed by atoms with E-state index in [4.69, 9.17) is 0 Å². The van der Waals surface area contributed by atoms with Crippen LogP contribution in [0, 0.1) is 0 Å². The summed E-state index contributed by atoms with van der Waals surface area (Å²) in [7, 11) is 0. The zero-order valence-corrected chi connectivity index (χ0v) is 14.6. The lowest BCUT2D eigenvalue weighted by Crippen LogP contribution is -2.49. The summed E-state index contributed by atoms with van der Waals surface area (Å²) in [4.78, 5) is 5.82. The molecule has 0 bridgehead atoms. The lowest BCUT2D eigenvalue weighted by Gasteiger charge is -2.39. The van der Waals surface area contributed by atoms with E-state index in [1.165, 1.54) is 50.1 Å². The lowest BCUT2D eigenvalue weighted by molar-refractivity contribution is 0.113. The molecule has 2 aliphatic rings. The van der Waals surface area contributed by atoms with E-state index in [1.54, 1.807) is 4.88 Å². The van der Waals surface area contributed by atoms with Gasteiger partial charge in [-0.15, -0.1) is 11.3 Å². The molecule has 1 N–H and O–H groups in total. The molecule has 0 spiro atoms. The van der Waals surface area contributed by atoms with Crippen molar-refractivity contribution < 1.29 is 0 Å². The topological polar surface area (TPSA) is 15.3 Å². The van der Waals surface area contributed by atoms with Crippen LogP contribution >= 0.6 is 11.3 Å². The highest BCUT2D eigenvalue weighted by molar-refractivity contribution is 7.12. The van der Waals surface area contributed by atoms with Crippen molar-refractivity contribution in [3.05, 3.63) is 21.9 Å². The largest absolute Gasteiger partial charge is 0.312 e. The van der Waals surface area contributed by atoms with E-state index in [0.29, 0.717) is 0 Å². The highest BCUT2D eigenvalue weighted by Crippen LogP contribution is 2.32. The maximum Gasteiger partial charge on any atom is 0.0331 e. The summed E-state index contributed by atoms with van der Waals surface area (Å²) in [6, 6.07) is 6.21. The maximum absolute atomic E-state index is 3.73. The van der Waals surface area contributed by atoms with Gasteiger partial charge in [0.15, 0.2) is 0 Å². The van der Waals surface area contributed by atoms with Gasteiger partial charge in [-0.1, -0.05) is 27.2 Å². The van der Waals surface area contributed by atoms with Crippen molar-refractivity contribution in [1.82, 2.24) is 10.2 Å². The van der Waals surface area contributed by atoms with Gasteiger partial charge in [-0.2, -0.15) is 0 Å². The molecule has 3 heteroatoms. The van der Waals surface area contributed by atoms with E-state index in [9.17, 15) is 0 Å². The summed E-state index contributed by atoms with van der Waals surface area (Å²) in [6.07, 6.45) is 6.91. The monoisotopic (exact) mass is 306 g/mol. The van der Waals surface area contributed by atoms with Crippen molar-refractivity contribution in [2.45, 2.75) is 76.9 Å². The first-order valence-electron chi connectivity index (χ1n) is 8.61. The molecule has 0 amide bonds. The van der Waals surface area contributed by atoms with Gasteiger partial charge in [0.05, 0.1) is 0 Å². The van der Waals surface area contributed by atoms with Crippen LogP contribution in [0.4, 0.5) is 0 Å². The molecule has 3 rings (SSSR count). The summed E-state index contributed by atoms with van der Waals surface area (Å²) in [5.74, 6) is 0. The maximum atomic E-state index is 3.73. The van der Waals surface area contributed by atoms with Crippen LogP contribution in [0.3, 0.4) is 0 Å². The van der Waals surface area contributed by atoms with Crippen LogP contribution in [0.5, 0.6) is 0 Å². The van der Waals surface area contributed by atoms with Gasteiger partial charge in [-0.05, 0) is 56.3 Å². The van der Waals surface area contributed by atoms with Gasteiger partial charge >= 0.3 is 0 Å². The smallest absolute Gasteiger partial charge is 0.0331 e. The number of nitrogens with one attached hydrogen (secondary N) is 1. The quantitative estimate of drug-likeness (QED) is 0.902. The zero-order chi connectivity index (χ0) is 14.9. The van der Waals surface area contributed by atoms with E-state index >= 15 is 0 Å². The second kappa shape index (κ2) is 6.39. The molecule has 1 aromatic rings. The molecule has 2 saturated heterocycles. The SMILES string of the molecule is CC(C)(C)c1ccc(CN2CCCCC2C2CCCN2)s1. The van der Waals surface area contributed by atoms with E-state index in [2.05, 4.69) is 43.1 Å². The number of hydrogen-bond acceptors (Lipinski definition) is 3. The molecule has 3 heterocycles. The first kappa shape index (κ1) is 15.5. The van der Waals surface area contributed by atoms with Gasteiger partial charge in [0.2, 0.25) is 0 Å². The summed E-state index contributed by atoms with van der Waals surface area (Å²) >= 11 is 2.02. The molecule has 0 aliphatic carbocycles. The van der Waals surface area contributed by atoms with Crippen LogP contribution in [0.2, 0.25) is 0 Å². The van der Waals surface area contributed by atoms with E-state index in [1.807, 2.05) is 11.3 Å². The van der Waals surface area contributed by atoms with Crippen molar-refractivity contribution in [2.24, 2.45) is 0 Å². The Morgan fingerprint density at radius 3 is 2.71 bits per heavy atom. The highest BCUT2D eigenvalue weighted by Gasteiger charge is 2.31. The molecule has 2 atom stereocenters. The average Bonchev–Trinajstić information content (AvgIpc) is 3.09. The van der Waals surface area contributed by atoms with Gasteiger partial charge in [0.1, 0.15) is 0 Å². The minimum atomic E-state index is 0.289. The zero-order valence-electron chi connectivity index (χ0n) is 13.8. The van der Waals surface area contributed by atoms with Crippen LogP contribution in [0.25, 0.3) is 0 Å². The molecule has 0 aromatic carbocycles. The van der Waals surface area contributed by atoms with Gasteiger partial charge in [-0.25, -0.2) is 0 Å². The number of rotatable bonds is 3. The minimum Gasteiger partial charge on any atom is -0.312 e. The van der Waals surface area contributed by atoms with Crippen LogP contribution in [-0.4, -0.2) is 30.1 Å². The Morgan fingerprint density at radius 1 is 1.19 bits per heavy atom. The molecule has 0 saturated carbocycles. The third kappa shape index (κ3) is 3.69. The predicted octanol–water partition coefficient (Wildman–Crippen LogP) is 4.15. The minimum absolute atomic E-state index is 0.289. The summed E-state index contributed by atoms with van der Waals surface area (Å²) in [5.41, 5.74) is 0.289. The fraction of sp³-hybridized carbons (Fsp3) is 0.778. The van der Waals surface area contributed by atoms with Crippen molar-refractivity contribution >= 4 is 11.3 Å². The molecule has 2 nitrogen and oxygen atoms in total. The van der Waals surface area contributed by atoms with E-state index < -0.39 is 0 Å². The molecule has 2 unspecified atom stereocenters. The molecule has 0 radical (unpaired) electrons. The van der Waals surface area contributed by atoms with Crippen molar-refractivity contribution in [3.8, 4) is 0 Å². The van der Waals surface area contributed by atoms with Crippen LogP contribution < -0.4 is 5.32 Å². The van der Waals surface area contributed by atoms with Crippen LogP contribution in [0.15, 0.2) is 12.1 Å². The van der Waals surface area contributed by atoms with Crippen molar-refractivity contribution in [2.75, 3.05) is 13.1 Å². The first-order chi connectivity index (χ1) is 10.0. The number of nitrogens with zero attached hydrogens (tertiary/aromatic N) is 1. The summed E-state index contributed by atoms with van der Waals surface area (Å²) < 4.78 is 0. The number of hydrogen-bond donors (Lipinski definition) is 1. The Labute approximate surface area is 133 Å². The molecular weight excluding hydrogens is 276 g/mol. The Kier molecular flexibility index (Phi) is 4.72. The number of likely N-dealkylation sites (tertiary alicyclic amines) is 1. The van der Waals surface area contributed by atoms with Gasteiger partial charge in [-0.3, -0.25) is 4.90 Å². The first-order valence-corrected chi connectivity index (χ1v) is 9.42. The lowest BCUT2D eigenvalue weighted by atomic mass is 9.94. The van der Waals surface area contributed by atoms with Gasteiger partial charge < -0.3 is 5.32 Å². The number of piperidine rings is 1. The van der Waals surface area contributed by atoms with E-state index in [-0.39, 0.29) is 5.41 Å². The second-order valence-electron chi connectivity index (χ2n) is 7.75. The van der Waals surface area contributed by atoms with E-state index in [0.717, 1.165) is 18.6 Å². The van der Waals surface area contributed by atoms with Crippen molar-refractivity contribution in [1.29, 1.82) is 0 Å². The Morgan fingerprint density at radius 2 is 2.05 bits per heavy atom.